The van der Waals surface area contributed by atoms with Crippen molar-refractivity contribution >= 4 is 51.0 Å². The molecule has 0 amide bonds. The molecule has 3 heteroatoms. The van der Waals surface area contributed by atoms with Crippen LogP contribution in [0.25, 0.3) is 49.4 Å². The second kappa shape index (κ2) is 18.9. The molecule has 0 radical (unpaired) electrons. The van der Waals surface area contributed by atoms with Crippen molar-refractivity contribution in [3.05, 3.63) is 257 Å². The van der Waals surface area contributed by atoms with E-state index >= 15 is 0 Å². The standard InChI is InChI=1S/C65H56N2S/c1-43-42-44(2)64(47(5)45(43)3)56-26-38-62(39-27-56)66(58-30-18-52(19-31-58)50-14-10-8-11-15-50)60-34-22-54(23-35-60)55-24-36-61(37-25-55)67(59-32-20-53(21-33-59)51-16-12-9-13-17-51)63-40-28-57(29-41-63)65-48(6)46(4)49(7)68-65/h8-41H,2,42H2,1,3-7H3. The molecular weight excluding hydrogens is 841 g/mol. The van der Waals surface area contributed by atoms with Crippen molar-refractivity contribution in [2.45, 2.75) is 48.0 Å². The molecule has 0 saturated carbocycles. The van der Waals surface area contributed by atoms with Gasteiger partial charge in [0.2, 0.25) is 0 Å². The van der Waals surface area contributed by atoms with E-state index in [-0.39, 0.29) is 0 Å². The Bertz CT molecular complexity index is 3300. The van der Waals surface area contributed by atoms with Gasteiger partial charge in [-0.05, 0) is 199 Å². The Balaban J connectivity index is 0.971. The van der Waals surface area contributed by atoms with E-state index in [1.807, 2.05) is 11.3 Å². The van der Waals surface area contributed by atoms with Crippen LogP contribution in [-0.4, -0.2) is 0 Å². The van der Waals surface area contributed by atoms with E-state index in [2.05, 4.69) is 264 Å². The van der Waals surface area contributed by atoms with Crippen LogP contribution >= 0.6 is 11.3 Å². The summed E-state index contributed by atoms with van der Waals surface area (Å²) < 4.78 is 0. The minimum Gasteiger partial charge on any atom is -0.311 e. The Hall–Kier alpha value is -7.72. The van der Waals surface area contributed by atoms with E-state index in [1.165, 1.54) is 82.1 Å². The largest absolute Gasteiger partial charge is 0.311 e. The summed E-state index contributed by atoms with van der Waals surface area (Å²) in [6.45, 7) is 17.9. The summed E-state index contributed by atoms with van der Waals surface area (Å²) in [6.07, 6.45) is 0.917. The number of thiophene rings is 1. The van der Waals surface area contributed by atoms with Gasteiger partial charge in [0.05, 0.1) is 0 Å². The fraction of sp³-hybridized carbons (Fsp3) is 0.108. The quantitative estimate of drug-likeness (QED) is 0.128. The van der Waals surface area contributed by atoms with Crippen LogP contribution < -0.4 is 9.80 Å². The number of benzene rings is 8. The zero-order valence-corrected chi connectivity index (χ0v) is 40.7. The lowest BCUT2D eigenvalue weighted by molar-refractivity contribution is 1.07. The zero-order valence-electron chi connectivity index (χ0n) is 39.8. The van der Waals surface area contributed by atoms with E-state index in [9.17, 15) is 0 Å². The third-order valence-corrected chi connectivity index (χ3v) is 15.3. The van der Waals surface area contributed by atoms with Crippen LogP contribution in [0.5, 0.6) is 0 Å². The molecule has 1 aliphatic carbocycles. The molecule has 0 N–H and O–H groups in total. The van der Waals surface area contributed by atoms with Crippen molar-refractivity contribution in [2.24, 2.45) is 0 Å². The molecule has 0 atom stereocenters. The van der Waals surface area contributed by atoms with Gasteiger partial charge in [0.1, 0.15) is 0 Å². The molecule has 0 spiro atoms. The van der Waals surface area contributed by atoms with Crippen LogP contribution in [0.15, 0.2) is 235 Å². The summed E-state index contributed by atoms with van der Waals surface area (Å²) >= 11 is 1.88. The first-order chi connectivity index (χ1) is 33.1. The molecule has 0 fully saturated rings. The Morgan fingerprint density at radius 2 is 0.647 bits per heavy atom. The van der Waals surface area contributed by atoms with Crippen LogP contribution in [-0.2, 0) is 0 Å². The van der Waals surface area contributed by atoms with Gasteiger partial charge in [-0.25, -0.2) is 0 Å². The van der Waals surface area contributed by atoms with Gasteiger partial charge in [-0.15, -0.1) is 11.3 Å². The first-order valence-corrected chi connectivity index (χ1v) is 24.4. The van der Waals surface area contributed by atoms with Crippen molar-refractivity contribution < 1.29 is 0 Å². The number of hydrogen-bond donors (Lipinski definition) is 0. The minimum atomic E-state index is 0.917. The second-order valence-corrected chi connectivity index (χ2v) is 19.3. The predicted molar refractivity (Wildman–Crippen MR) is 294 cm³/mol. The summed E-state index contributed by atoms with van der Waals surface area (Å²) in [5.41, 5.74) is 25.5. The zero-order chi connectivity index (χ0) is 46.9. The molecule has 8 aromatic carbocycles. The van der Waals surface area contributed by atoms with Gasteiger partial charge in [0, 0.05) is 43.9 Å². The van der Waals surface area contributed by atoms with Crippen LogP contribution in [0.4, 0.5) is 34.1 Å². The first-order valence-electron chi connectivity index (χ1n) is 23.6. The molecule has 0 bridgehead atoms. The Morgan fingerprint density at radius 1 is 0.338 bits per heavy atom. The molecule has 1 heterocycles. The van der Waals surface area contributed by atoms with Gasteiger partial charge in [0.15, 0.2) is 0 Å². The van der Waals surface area contributed by atoms with Crippen LogP contribution in [0.2, 0.25) is 0 Å². The van der Waals surface area contributed by atoms with Crippen molar-refractivity contribution in [1.82, 2.24) is 0 Å². The molecule has 0 saturated heterocycles. The first kappa shape index (κ1) is 44.1. The van der Waals surface area contributed by atoms with Gasteiger partial charge in [-0.2, -0.15) is 0 Å². The third-order valence-electron chi connectivity index (χ3n) is 13.9. The molecule has 2 nitrogen and oxygen atoms in total. The molecule has 9 aromatic rings. The second-order valence-electron chi connectivity index (χ2n) is 18.1. The number of nitrogens with zero attached hydrogens (tertiary/aromatic N) is 2. The topological polar surface area (TPSA) is 6.48 Å². The van der Waals surface area contributed by atoms with E-state index in [1.54, 1.807) is 0 Å². The maximum atomic E-state index is 4.49. The van der Waals surface area contributed by atoms with Crippen molar-refractivity contribution in [1.29, 1.82) is 0 Å². The molecule has 1 aliphatic rings. The summed E-state index contributed by atoms with van der Waals surface area (Å²) in [7, 11) is 0. The fourth-order valence-electron chi connectivity index (χ4n) is 9.66. The van der Waals surface area contributed by atoms with Gasteiger partial charge in [0.25, 0.3) is 0 Å². The van der Waals surface area contributed by atoms with Crippen molar-refractivity contribution in [2.75, 3.05) is 9.80 Å². The van der Waals surface area contributed by atoms with E-state index in [0.29, 0.717) is 0 Å². The highest BCUT2D eigenvalue weighted by Crippen LogP contribution is 2.43. The smallest absolute Gasteiger partial charge is 0.0462 e. The third kappa shape index (κ3) is 8.70. The highest BCUT2D eigenvalue weighted by molar-refractivity contribution is 7.15. The lowest BCUT2D eigenvalue weighted by atomic mass is 9.81. The highest BCUT2D eigenvalue weighted by Gasteiger charge is 2.21. The Labute approximate surface area is 407 Å². The number of allylic oxidation sites excluding steroid dienone is 5. The number of aryl methyl sites for hydroxylation is 1. The minimum absolute atomic E-state index is 0.917. The number of rotatable bonds is 11. The molecule has 332 valence electrons. The molecule has 0 aliphatic heterocycles. The van der Waals surface area contributed by atoms with Crippen LogP contribution in [0.3, 0.4) is 0 Å². The highest BCUT2D eigenvalue weighted by atomic mass is 32.1. The van der Waals surface area contributed by atoms with Crippen molar-refractivity contribution in [3.63, 3.8) is 0 Å². The van der Waals surface area contributed by atoms with Gasteiger partial charge >= 0.3 is 0 Å². The van der Waals surface area contributed by atoms with Gasteiger partial charge < -0.3 is 9.80 Å². The summed E-state index contributed by atoms with van der Waals surface area (Å²) in [4.78, 5) is 7.44. The Morgan fingerprint density at radius 3 is 0.971 bits per heavy atom. The van der Waals surface area contributed by atoms with Gasteiger partial charge in [-0.3, -0.25) is 0 Å². The van der Waals surface area contributed by atoms with E-state index in [0.717, 1.165) is 51.7 Å². The summed E-state index contributed by atoms with van der Waals surface area (Å²) in [5.74, 6) is 0. The van der Waals surface area contributed by atoms with E-state index < -0.39 is 0 Å². The lowest BCUT2D eigenvalue weighted by Gasteiger charge is -2.27. The normalized spacial score (nSPS) is 12.7. The van der Waals surface area contributed by atoms with Crippen LogP contribution in [0.1, 0.15) is 48.8 Å². The maximum Gasteiger partial charge on any atom is 0.0462 e. The molecule has 68 heavy (non-hydrogen) atoms. The molecule has 1 aromatic heterocycles. The van der Waals surface area contributed by atoms with Crippen molar-refractivity contribution in [3.8, 4) is 43.8 Å². The number of hydrogen-bond acceptors (Lipinski definition) is 3. The summed E-state index contributed by atoms with van der Waals surface area (Å²) in [5, 5.41) is 0. The molecule has 0 unspecified atom stereocenters. The Kier molecular flexibility index (Phi) is 12.3. The SMILES string of the molecule is C=C1CC(C)=C(C)C(C)=C1c1ccc(N(c2ccc(-c3ccccc3)cc2)c2ccc(-c3ccc(N(c4ccc(-c5ccccc5)cc4)c4ccc(-c5sc(C)c(C)c5C)cc4)cc3)cc2)cc1. The fourth-order valence-corrected chi connectivity index (χ4v) is 10.8. The van der Waals surface area contributed by atoms with E-state index in [4.69, 9.17) is 0 Å². The summed E-state index contributed by atoms with van der Waals surface area (Å²) in [6, 6.07) is 75.1. The lowest BCUT2D eigenvalue weighted by Crippen LogP contribution is -2.10. The monoisotopic (exact) mass is 896 g/mol. The molecular formula is C65H56N2S. The number of anilines is 6. The average Bonchev–Trinajstić information content (AvgIpc) is 3.64. The predicted octanol–water partition coefficient (Wildman–Crippen LogP) is 19.4. The van der Waals surface area contributed by atoms with Gasteiger partial charge in [-0.1, -0.05) is 146 Å². The maximum absolute atomic E-state index is 4.49. The van der Waals surface area contributed by atoms with Crippen LogP contribution in [0, 0.1) is 20.8 Å². The average molecular weight is 897 g/mol. The molecule has 10 rings (SSSR count).